The van der Waals surface area contributed by atoms with E-state index in [1.807, 2.05) is 0 Å². The molecule has 18 heavy (non-hydrogen) atoms. The van der Waals surface area contributed by atoms with Gasteiger partial charge >= 0.3 is 5.97 Å². The highest BCUT2D eigenvalue weighted by Crippen LogP contribution is 2.23. The molecule has 0 spiro atoms. The van der Waals surface area contributed by atoms with Crippen LogP contribution < -0.4 is 0 Å². The molecule has 7 heteroatoms. The van der Waals surface area contributed by atoms with E-state index >= 15 is 0 Å². The van der Waals surface area contributed by atoms with Crippen molar-refractivity contribution >= 4 is 23.5 Å². The minimum Gasteiger partial charge on any atom is -0.480 e. The predicted molar refractivity (Wildman–Crippen MR) is 66.8 cm³/mol. The van der Waals surface area contributed by atoms with Crippen LogP contribution in [-0.2, 0) is 11.8 Å². The van der Waals surface area contributed by atoms with E-state index < -0.39 is 17.4 Å². The number of likely N-dealkylation sites (N-methyl/N-ethyl adjacent to an activating group) is 1. The number of halogens is 1. The summed E-state index contributed by atoms with van der Waals surface area (Å²) in [5.74, 6) is -1.61. The molecule has 0 aliphatic rings. The molecule has 1 N–H and O–H groups in total. The standard InChI is InChI=1S/C11H16ClN3O3/c1-6-7(12)8(13-15(6)5)9(16)14(4)11(2,3)10(17)18/h1-5H3,(H,17,18). The average molecular weight is 274 g/mol. The van der Waals surface area contributed by atoms with E-state index in [0.717, 1.165) is 4.90 Å². The summed E-state index contributed by atoms with van der Waals surface area (Å²) >= 11 is 6.00. The van der Waals surface area contributed by atoms with Gasteiger partial charge in [-0.2, -0.15) is 5.10 Å². The number of nitrogens with zero attached hydrogens (tertiary/aromatic N) is 3. The highest BCUT2D eigenvalue weighted by Gasteiger charge is 2.37. The van der Waals surface area contributed by atoms with Crippen molar-refractivity contribution in [3.63, 3.8) is 0 Å². The Kier molecular flexibility index (Phi) is 3.71. The van der Waals surface area contributed by atoms with Crippen molar-refractivity contribution in [2.75, 3.05) is 7.05 Å². The van der Waals surface area contributed by atoms with Gasteiger partial charge in [0.05, 0.1) is 10.7 Å². The van der Waals surface area contributed by atoms with Crippen LogP contribution in [0.3, 0.4) is 0 Å². The third-order valence-electron chi connectivity index (χ3n) is 3.13. The summed E-state index contributed by atoms with van der Waals surface area (Å²) in [6.07, 6.45) is 0. The minimum absolute atomic E-state index is 0.0634. The number of amides is 1. The maximum atomic E-state index is 12.2. The summed E-state index contributed by atoms with van der Waals surface area (Å²) in [4.78, 5) is 24.4. The summed E-state index contributed by atoms with van der Waals surface area (Å²) in [7, 11) is 3.08. The molecule has 0 saturated heterocycles. The first-order valence-corrected chi connectivity index (χ1v) is 5.69. The lowest BCUT2D eigenvalue weighted by molar-refractivity contribution is -0.147. The highest BCUT2D eigenvalue weighted by molar-refractivity contribution is 6.34. The van der Waals surface area contributed by atoms with Gasteiger partial charge in [0.1, 0.15) is 5.54 Å². The number of aliphatic carboxylic acids is 1. The van der Waals surface area contributed by atoms with Crippen molar-refractivity contribution in [2.45, 2.75) is 26.3 Å². The van der Waals surface area contributed by atoms with Crippen LogP contribution in [0.4, 0.5) is 0 Å². The molecular formula is C11H16ClN3O3. The lowest BCUT2D eigenvalue weighted by atomic mass is 10.0. The van der Waals surface area contributed by atoms with Gasteiger partial charge in [-0.05, 0) is 20.8 Å². The van der Waals surface area contributed by atoms with E-state index in [0.29, 0.717) is 5.69 Å². The molecular weight excluding hydrogens is 258 g/mol. The summed E-state index contributed by atoms with van der Waals surface area (Å²) in [5.41, 5.74) is -0.610. The van der Waals surface area contributed by atoms with Crippen LogP contribution in [0.15, 0.2) is 0 Å². The normalized spacial score (nSPS) is 11.4. The Morgan fingerprint density at radius 1 is 1.44 bits per heavy atom. The van der Waals surface area contributed by atoms with Crippen LogP contribution in [0.2, 0.25) is 5.02 Å². The monoisotopic (exact) mass is 273 g/mol. The number of carbonyl (C=O) groups is 2. The van der Waals surface area contributed by atoms with Crippen LogP contribution in [0, 0.1) is 6.92 Å². The molecule has 0 bridgehead atoms. The van der Waals surface area contributed by atoms with Crippen molar-refractivity contribution in [2.24, 2.45) is 7.05 Å². The first-order valence-electron chi connectivity index (χ1n) is 5.31. The molecule has 6 nitrogen and oxygen atoms in total. The molecule has 0 aromatic carbocycles. The van der Waals surface area contributed by atoms with Gasteiger partial charge in [0.2, 0.25) is 0 Å². The van der Waals surface area contributed by atoms with Gasteiger partial charge < -0.3 is 10.0 Å². The second-order valence-electron chi connectivity index (χ2n) is 4.60. The number of hydrogen-bond donors (Lipinski definition) is 1. The smallest absolute Gasteiger partial charge is 0.329 e. The zero-order chi connectivity index (χ0) is 14.2. The SMILES string of the molecule is Cc1c(Cl)c(C(=O)N(C)C(C)(C)C(=O)O)nn1C. The highest BCUT2D eigenvalue weighted by atomic mass is 35.5. The maximum absolute atomic E-state index is 12.2. The van der Waals surface area contributed by atoms with Crippen LogP contribution in [0.25, 0.3) is 0 Å². The van der Waals surface area contributed by atoms with Crippen molar-refractivity contribution in [1.82, 2.24) is 14.7 Å². The zero-order valence-electron chi connectivity index (χ0n) is 11.0. The molecule has 0 aliphatic heterocycles. The second-order valence-corrected chi connectivity index (χ2v) is 4.98. The zero-order valence-corrected chi connectivity index (χ0v) is 11.7. The number of hydrogen-bond acceptors (Lipinski definition) is 3. The molecule has 0 saturated carbocycles. The number of carboxylic acid groups (broad SMARTS) is 1. The lowest BCUT2D eigenvalue weighted by Gasteiger charge is -2.30. The third-order valence-corrected chi connectivity index (χ3v) is 3.58. The minimum atomic E-state index is -1.33. The Morgan fingerprint density at radius 3 is 2.28 bits per heavy atom. The van der Waals surface area contributed by atoms with Crippen molar-refractivity contribution in [3.8, 4) is 0 Å². The van der Waals surface area contributed by atoms with Crippen molar-refractivity contribution < 1.29 is 14.7 Å². The number of rotatable bonds is 3. The van der Waals surface area contributed by atoms with Crippen LogP contribution in [-0.4, -0.2) is 44.3 Å². The largest absolute Gasteiger partial charge is 0.480 e. The summed E-state index contributed by atoms with van der Waals surface area (Å²) < 4.78 is 1.48. The van der Waals surface area contributed by atoms with Gasteiger partial charge in [-0.1, -0.05) is 11.6 Å². The first kappa shape index (κ1) is 14.5. The number of aryl methyl sites for hydroxylation is 1. The maximum Gasteiger partial charge on any atom is 0.329 e. The van der Waals surface area contributed by atoms with E-state index in [9.17, 15) is 9.59 Å². The molecule has 0 atom stereocenters. The van der Waals surface area contributed by atoms with Crippen LogP contribution in [0.1, 0.15) is 30.0 Å². The van der Waals surface area contributed by atoms with Gasteiger partial charge in [-0.15, -0.1) is 0 Å². The van der Waals surface area contributed by atoms with Gasteiger partial charge in [0.15, 0.2) is 5.69 Å². The number of carboxylic acids is 1. The third kappa shape index (κ3) is 2.20. The van der Waals surface area contributed by atoms with Gasteiger partial charge in [-0.3, -0.25) is 9.48 Å². The molecule has 1 amide bonds. The van der Waals surface area contributed by atoms with Gasteiger partial charge in [0.25, 0.3) is 5.91 Å². The first-order chi connectivity index (χ1) is 8.10. The Balaban J connectivity index is 3.15. The topological polar surface area (TPSA) is 75.4 Å². The van der Waals surface area contributed by atoms with Crippen molar-refractivity contribution in [3.05, 3.63) is 16.4 Å². The molecule has 1 heterocycles. The molecule has 0 unspecified atom stereocenters. The second kappa shape index (κ2) is 4.61. The van der Waals surface area contributed by atoms with Gasteiger partial charge in [0, 0.05) is 14.1 Å². The molecule has 0 aliphatic carbocycles. The number of aromatic nitrogens is 2. The van der Waals surface area contributed by atoms with E-state index in [4.69, 9.17) is 16.7 Å². The Hall–Kier alpha value is -1.56. The molecule has 1 rings (SSSR count). The lowest BCUT2D eigenvalue weighted by Crippen LogP contribution is -2.50. The predicted octanol–water partition coefficient (Wildman–Crippen LogP) is 1.32. The summed E-state index contributed by atoms with van der Waals surface area (Å²) in [6.45, 7) is 4.61. The van der Waals surface area contributed by atoms with E-state index in [-0.39, 0.29) is 10.7 Å². The van der Waals surface area contributed by atoms with E-state index in [2.05, 4.69) is 5.10 Å². The Morgan fingerprint density at radius 2 is 1.94 bits per heavy atom. The quantitative estimate of drug-likeness (QED) is 0.901. The van der Waals surface area contributed by atoms with Crippen molar-refractivity contribution in [1.29, 1.82) is 0 Å². The van der Waals surface area contributed by atoms with E-state index in [1.165, 1.54) is 25.6 Å². The fourth-order valence-corrected chi connectivity index (χ4v) is 1.52. The van der Waals surface area contributed by atoms with Crippen LogP contribution in [0.5, 0.6) is 0 Å². The summed E-state index contributed by atoms with van der Waals surface area (Å²) in [5, 5.41) is 13.3. The Labute approximate surface area is 110 Å². The molecule has 1 aromatic rings. The van der Waals surface area contributed by atoms with E-state index in [1.54, 1.807) is 14.0 Å². The fraction of sp³-hybridized carbons (Fsp3) is 0.545. The molecule has 0 radical (unpaired) electrons. The average Bonchev–Trinajstić information content (AvgIpc) is 2.54. The van der Waals surface area contributed by atoms with Crippen LogP contribution >= 0.6 is 11.6 Å². The number of carbonyl (C=O) groups excluding carboxylic acids is 1. The fourth-order valence-electron chi connectivity index (χ4n) is 1.28. The summed E-state index contributed by atoms with van der Waals surface area (Å²) in [6, 6.07) is 0. The molecule has 0 fully saturated rings. The molecule has 100 valence electrons. The van der Waals surface area contributed by atoms with Gasteiger partial charge in [-0.25, -0.2) is 4.79 Å². The molecule has 1 aromatic heterocycles. The Bertz CT molecular complexity index is 508.